The topological polar surface area (TPSA) is 57.5 Å². The fourth-order valence-corrected chi connectivity index (χ4v) is 1.47. The minimum atomic E-state index is -0.915. The lowest BCUT2D eigenvalue weighted by molar-refractivity contribution is 0.0697. The van der Waals surface area contributed by atoms with Crippen LogP contribution in [0.15, 0.2) is 24.3 Å². The lowest BCUT2D eigenvalue weighted by Gasteiger charge is -2.06. The van der Waals surface area contributed by atoms with Crippen LogP contribution in [0.4, 0.5) is 0 Å². The Kier molecular flexibility index (Phi) is 2.04. The van der Waals surface area contributed by atoms with Gasteiger partial charge in [0.1, 0.15) is 0 Å². The van der Waals surface area contributed by atoms with Crippen LogP contribution in [-0.4, -0.2) is 21.8 Å². The molecule has 74 valence electrons. The Balaban J connectivity index is 2.10. The maximum atomic E-state index is 10.6. The molecule has 2 rings (SSSR count). The molecule has 0 radical (unpaired) electrons. The molecule has 0 heterocycles. The molecule has 0 aromatic heterocycles. The number of carboxylic acid groups (broad SMARTS) is 1. The molecule has 1 fully saturated rings. The van der Waals surface area contributed by atoms with E-state index in [1.165, 1.54) is 0 Å². The third-order valence-corrected chi connectivity index (χ3v) is 2.56. The van der Waals surface area contributed by atoms with Crippen LogP contribution in [0.3, 0.4) is 0 Å². The van der Waals surface area contributed by atoms with Gasteiger partial charge in [0.15, 0.2) is 0 Å². The summed E-state index contributed by atoms with van der Waals surface area (Å²) < 4.78 is 0. The average Bonchev–Trinajstić information content (AvgIpc) is 2.84. The Morgan fingerprint density at radius 3 is 2.29 bits per heavy atom. The normalized spacial score (nSPS) is 17.8. The molecular weight excluding hydrogens is 180 g/mol. The second kappa shape index (κ2) is 3.10. The van der Waals surface area contributed by atoms with Gasteiger partial charge >= 0.3 is 5.97 Å². The molecule has 1 aromatic rings. The van der Waals surface area contributed by atoms with Gasteiger partial charge in [-0.2, -0.15) is 0 Å². The number of rotatable bonds is 3. The maximum Gasteiger partial charge on any atom is 0.335 e. The number of hydrogen-bond acceptors (Lipinski definition) is 2. The van der Waals surface area contributed by atoms with Gasteiger partial charge in [-0.25, -0.2) is 4.79 Å². The maximum absolute atomic E-state index is 10.6. The molecule has 14 heavy (non-hydrogen) atoms. The molecule has 0 atom stereocenters. The fourth-order valence-electron chi connectivity index (χ4n) is 1.47. The zero-order chi connectivity index (χ0) is 10.2. The van der Waals surface area contributed by atoms with Gasteiger partial charge in [0.05, 0.1) is 11.2 Å². The van der Waals surface area contributed by atoms with Crippen molar-refractivity contribution in [1.82, 2.24) is 0 Å². The molecule has 0 spiro atoms. The third-order valence-electron chi connectivity index (χ3n) is 2.56. The van der Waals surface area contributed by atoms with Crippen molar-refractivity contribution < 1.29 is 15.0 Å². The highest BCUT2D eigenvalue weighted by Crippen LogP contribution is 2.38. The second-order valence-electron chi connectivity index (χ2n) is 3.90. The van der Waals surface area contributed by atoms with Gasteiger partial charge < -0.3 is 10.2 Å². The first-order valence-electron chi connectivity index (χ1n) is 4.64. The van der Waals surface area contributed by atoms with Crippen molar-refractivity contribution in [2.45, 2.75) is 24.9 Å². The van der Waals surface area contributed by atoms with Gasteiger partial charge in [-0.05, 0) is 30.5 Å². The Morgan fingerprint density at radius 2 is 1.86 bits per heavy atom. The summed E-state index contributed by atoms with van der Waals surface area (Å²) in [7, 11) is 0. The number of aromatic carboxylic acids is 1. The van der Waals surface area contributed by atoms with Crippen molar-refractivity contribution in [3.05, 3.63) is 35.4 Å². The summed E-state index contributed by atoms with van der Waals surface area (Å²) in [6.07, 6.45) is 2.34. The Morgan fingerprint density at radius 1 is 1.29 bits per heavy atom. The number of carbonyl (C=O) groups is 1. The first-order valence-corrected chi connectivity index (χ1v) is 4.64. The van der Waals surface area contributed by atoms with Crippen LogP contribution in [0.5, 0.6) is 0 Å². The Bertz CT molecular complexity index is 349. The van der Waals surface area contributed by atoms with E-state index in [-0.39, 0.29) is 5.56 Å². The van der Waals surface area contributed by atoms with Crippen molar-refractivity contribution in [2.24, 2.45) is 0 Å². The van der Waals surface area contributed by atoms with E-state index >= 15 is 0 Å². The van der Waals surface area contributed by atoms with Crippen molar-refractivity contribution in [3.8, 4) is 0 Å². The fraction of sp³-hybridized carbons (Fsp3) is 0.364. The Labute approximate surface area is 82.0 Å². The summed E-state index contributed by atoms with van der Waals surface area (Å²) in [5.74, 6) is -0.915. The highest BCUT2D eigenvalue weighted by Gasteiger charge is 2.39. The first kappa shape index (κ1) is 9.21. The average molecular weight is 192 g/mol. The molecule has 1 aliphatic carbocycles. The number of aliphatic hydroxyl groups is 1. The molecule has 1 aromatic carbocycles. The SMILES string of the molecule is O=C(O)c1ccc(CC2(O)CC2)cc1. The zero-order valence-electron chi connectivity index (χ0n) is 7.73. The molecular formula is C11H12O3. The number of hydrogen-bond donors (Lipinski definition) is 2. The van der Waals surface area contributed by atoms with Crippen LogP contribution >= 0.6 is 0 Å². The van der Waals surface area contributed by atoms with Crippen molar-refractivity contribution in [3.63, 3.8) is 0 Å². The molecule has 0 saturated heterocycles. The Hall–Kier alpha value is -1.35. The minimum absolute atomic E-state index is 0.288. The van der Waals surface area contributed by atoms with Gasteiger partial charge in [0, 0.05) is 6.42 Å². The number of carboxylic acids is 1. The van der Waals surface area contributed by atoms with Gasteiger partial charge in [-0.1, -0.05) is 12.1 Å². The van der Waals surface area contributed by atoms with Crippen LogP contribution in [0.25, 0.3) is 0 Å². The quantitative estimate of drug-likeness (QED) is 0.762. The van der Waals surface area contributed by atoms with Gasteiger partial charge in [0.25, 0.3) is 0 Å². The van der Waals surface area contributed by atoms with E-state index in [4.69, 9.17) is 5.11 Å². The molecule has 0 unspecified atom stereocenters. The van der Waals surface area contributed by atoms with Crippen molar-refractivity contribution in [1.29, 1.82) is 0 Å². The highest BCUT2D eigenvalue weighted by molar-refractivity contribution is 5.87. The summed E-state index contributed by atoms with van der Waals surface area (Å²) in [6.45, 7) is 0. The molecule has 2 N–H and O–H groups in total. The van der Waals surface area contributed by atoms with E-state index in [1.54, 1.807) is 24.3 Å². The summed E-state index contributed by atoms with van der Waals surface area (Å²) in [5.41, 5.74) is 0.775. The second-order valence-corrected chi connectivity index (χ2v) is 3.90. The molecule has 1 saturated carbocycles. The summed E-state index contributed by atoms with van der Waals surface area (Å²) in [5, 5.41) is 18.3. The van der Waals surface area contributed by atoms with Crippen molar-refractivity contribution >= 4 is 5.97 Å². The van der Waals surface area contributed by atoms with Crippen LogP contribution in [0.2, 0.25) is 0 Å². The molecule has 0 amide bonds. The van der Waals surface area contributed by atoms with Gasteiger partial charge in [-0.3, -0.25) is 0 Å². The van der Waals surface area contributed by atoms with Crippen molar-refractivity contribution in [2.75, 3.05) is 0 Å². The third kappa shape index (κ3) is 1.93. The first-order chi connectivity index (χ1) is 6.59. The standard InChI is InChI=1S/C11H12O3/c12-10(13)9-3-1-8(2-4-9)7-11(14)5-6-11/h1-4,14H,5-7H2,(H,12,13). The van der Waals surface area contributed by atoms with E-state index in [2.05, 4.69) is 0 Å². The zero-order valence-corrected chi connectivity index (χ0v) is 7.73. The van der Waals surface area contributed by atoms with E-state index in [9.17, 15) is 9.90 Å². The van der Waals surface area contributed by atoms with E-state index in [1.807, 2.05) is 0 Å². The van der Waals surface area contributed by atoms with Crippen LogP contribution in [-0.2, 0) is 6.42 Å². The van der Waals surface area contributed by atoms with Gasteiger partial charge in [-0.15, -0.1) is 0 Å². The predicted octanol–water partition coefficient (Wildman–Crippen LogP) is 1.45. The predicted molar refractivity (Wildman–Crippen MR) is 51.3 cm³/mol. The van der Waals surface area contributed by atoms with E-state index in [0.29, 0.717) is 6.42 Å². The molecule has 3 nitrogen and oxygen atoms in total. The lowest BCUT2D eigenvalue weighted by Crippen LogP contribution is -2.10. The minimum Gasteiger partial charge on any atom is -0.478 e. The van der Waals surface area contributed by atoms with E-state index in [0.717, 1.165) is 18.4 Å². The molecule has 1 aliphatic rings. The lowest BCUT2D eigenvalue weighted by atomic mass is 10.0. The summed E-state index contributed by atoms with van der Waals surface area (Å²) >= 11 is 0. The molecule has 0 bridgehead atoms. The van der Waals surface area contributed by atoms with Gasteiger partial charge in [0.2, 0.25) is 0 Å². The van der Waals surface area contributed by atoms with Crippen LogP contribution < -0.4 is 0 Å². The summed E-state index contributed by atoms with van der Waals surface area (Å²) in [6, 6.07) is 6.67. The smallest absolute Gasteiger partial charge is 0.335 e. The van der Waals surface area contributed by atoms with Crippen LogP contribution in [0, 0.1) is 0 Å². The molecule has 3 heteroatoms. The van der Waals surface area contributed by atoms with Crippen LogP contribution in [0.1, 0.15) is 28.8 Å². The molecule has 0 aliphatic heterocycles. The highest BCUT2D eigenvalue weighted by atomic mass is 16.4. The van der Waals surface area contributed by atoms with E-state index < -0.39 is 11.6 Å². The number of benzene rings is 1. The largest absolute Gasteiger partial charge is 0.478 e. The summed E-state index contributed by atoms with van der Waals surface area (Å²) in [4.78, 5) is 10.6. The monoisotopic (exact) mass is 192 g/mol.